The predicted molar refractivity (Wildman–Crippen MR) is 105 cm³/mol. The number of thioether (sulfide) groups is 1. The fourth-order valence-corrected chi connectivity index (χ4v) is 4.07. The highest BCUT2D eigenvalue weighted by atomic mass is 35.5. The van der Waals surface area contributed by atoms with Crippen LogP contribution in [0.15, 0.2) is 29.6 Å². The Labute approximate surface area is 158 Å². The molecule has 0 radical (unpaired) electrons. The average Bonchev–Trinajstić information content (AvgIpc) is 3.02. The summed E-state index contributed by atoms with van der Waals surface area (Å²) in [6, 6.07) is 5.44. The number of fused-ring (bicyclic) bond motifs is 1. The summed E-state index contributed by atoms with van der Waals surface area (Å²) >= 11 is 8.96. The first kappa shape index (κ1) is 17.9. The molecule has 130 valence electrons. The van der Waals surface area contributed by atoms with Crippen LogP contribution in [0.1, 0.15) is 5.56 Å². The third-order valence-corrected chi connectivity index (χ3v) is 6.16. The normalized spacial score (nSPS) is 10.9. The molecule has 2 aromatic heterocycles. The SMILES string of the molecule is Cc1c(Cl)cccc1NC(=O)CSc1ncnc2nc(N(C)C)sc12. The number of aromatic nitrogens is 3. The number of halogens is 1. The fourth-order valence-electron chi connectivity index (χ4n) is 2.08. The summed E-state index contributed by atoms with van der Waals surface area (Å²) in [5.74, 6) is 0.132. The van der Waals surface area contributed by atoms with E-state index in [4.69, 9.17) is 11.6 Å². The van der Waals surface area contributed by atoms with Crippen LogP contribution in [0.3, 0.4) is 0 Å². The molecule has 2 heterocycles. The molecule has 3 aromatic rings. The number of anilines is 2. The van der Waals surface area contributed by atoms with Crippen molar-refractivity contribution < 1.29 is 4.79 Å². The second-order valence-electron chi connectivity index (χ2n) is 5.47. The summed E-state index contributed by atoms with van der Waals surface area (Å²) in [4.78, 5) is 27.1. The van der Waals surface area contributed by atoms with Crippen LogP contribution in [-0.4, -0.2) is 40.7 Å². The summed E-state index contributed by atoms with van der Waals surface area (Å²) in [7, 11) is 3.86. The molecule has 0 bridgehead atoms. The summed E-state index contributed by atoms with van der Waals surface area (Å²) in [6.07, 6.45) is 1.48. The van der Waals surface area contributed by atoms with Gasteiger partial charge in [-0.3, -0.25) is 4.79 Å². The average molecular weight is 394 g/mol. The number of thiazole rings is 1. The van der Waals surface area contributed by atoms with Crippen molar-refractivity contribution in [1.29, 1.82) is 0 Å². The number of nitrogens with one attached hydrogen (secondary N) is 1. The molecule has 0 aliphatic carbocycles. The molecular formula is C16H16ClN5OS2. The maximum Gasteiger partial charge on any atom is 0.234 e. The van der Waals surface area contributed by atoms with Crippen LogP contribution in [0.5, 0.6) is 0 Å². The van der Waals surface area contributed by atoms with Crippen molar-refractivity contribution in [2.45, 2.75) is 11.9 Å². The number of benzene rings is 1. The molecule has 1 aromatic carbocycles. The molecule has 0 unspecified atom stereocenters. The Morgan fingerprint density at radius 3 is 2.92 bits per heavy atom. The molecule has 0 aliphatic heterocycles. The van der Waals surface area contributed by atoms with E-state index >= 15 is 0 Å². The molecule has 1 amide bonds. The van der Waals surface area contributed by atoms with Crippen molar-refractivity contribution in [3.8, 4) is 0 Å². The van der Waals surface area contributed by atoms with E-state index in [2.05, 4.69) is 20.3 Å². The van der Waals surface area contributed by atoms with E-state index < -0.39 is 0 Å². The van der Waals surface area contributed by atoms with E-state index in [-0.39, 0.29) is 11.7 Å². The Bertz CT molecular complexity index is 928. The van der Waals surface area contributed by atoms with Crippen LogP contribution >= 0.6 is 34.7 Å². The molecule has 0 atom stereocenters. The minimum absolute atomic E-state index is 0.112. The molecule has 3 rings (SSSR count). The summed E-state index contributed by atoms with van der Waals surface area (Å²) < 4.78 is 0.892. The molecule has 0 saturated heterocycles. The van der Waals surface area contributed by atoms with Crippen molar-refractivity contribution in [1.82, 2.24) is 15.0 Å². The summed E-state index contributed by atoms with van der Waals surface area (Å²) in [5.41, 5.74) is 2.22. The van der Waals surface area contributed by atoms with E-state index in [0.717, 1.165) is 26.1 Å². The van der Waals surface area contributed by atoms with Crippen molar-refractivity contribution in [2.24, 2.45) is 0 Å². The molecule has 1 N–H and O–H groups in total. The van der Waals surface area contributed by atoms with E-state index in [1.54, 1.807) is 6.07 Å². The second kappa shape index (κ2) is 7.55. The second-order valence-corrected chi connectivity index (χ2v) is 7.82. The maximum absolute atomic E-state index is 12.3. The van der Waals surface area contributed by atoms with Gasteiger partial charge in [0.15, 0.2) is 10.8 Å². The first-order valence-electron chi connectivity index (χ1n) is 7.42. The molecule has 0 aliphatic rings. The first-order valence-corrected chi connectivity index (χ1v) is 9.60. The molecule has 0 spiro atoms. The van der Waals surface area contributed by atoms with Crippen LogP contribution in [0.25, 0.3) is 10.3 Å². The number of carbonyl (C=O) groups excluding carboxylic acids is 1. The van der Waals surface area contributed by atoms with Crippen LogP contribution in [0.4, 0.5) is 10.8 Å². The van der Waals surface area contributed by atoms with E-state index in [9.17, 15) is 4.79 Å². The highest BCUT2D eigenvalue weighted by molar-refractivity contribution is 8.00. The quantitative estimate of drug-likeness (QED) is 0.524. The third-order valence-electron chi connectivity index (χ3n) is 3.41. The van der Waals surface area contributed by atoms with Gasteiger partial charge in [-0.25, -0.2) is 9.97 Å². The Hall–Kier alpha value is -1.90. The van der Waals surface area contributed by atoms with Crippen LogP contribution in [0.2, 0.25) is 5.02 Å². The lowest BCUT2D eigenvalue weighted by molar-refractivity contribution is -0.113. The van der Waals surface area contributed by atoms with Gasteiger partial charge in [0.25, 0.3) is 0 Å². The minimum Gasteiger partial charge on any atom is -0.354 e. The number of rotatable bonds is 5. The Morgan fingerprint density at radius 1 is 1.36 bits per heavy atom. The molecular weight excluding hydrogens is 378 g/mol. The van der Waals surface area contributed by atoms with Gasteiger partial charge in [-0.05, 0) is 24.6 Å². The van der Waals surface area contributed by atoms with Crippen molar-refractivity contribution >= 4 is 61.8 Å². The standard InChI is InChI=1S/C16H16ClN5OS2/c1-9-10(17)5-4-6-11(9)20-12(23)7-24-15-13-14(18-8-19-15)21-16(25-13)22(2)3/h4-6,8H,7H2,1-3H3,(H,20,23). The van der Waals surface area contributed by atoms with Gasteiger partial charge in [-0.1, -0.05) is 40.8 Å². The number of hydrogen-bond acceptors (Lipinski definition) is 7. The largest absolute Gasteiger partial charge is 0.354 e. The van der Waals surface area contributed by atoms with Gasteiger partial charge in [-0.2, -0.15) is 4.98 Å². The zero-order chi connectivity index (χ0) is 18.0. The zero-order valence-corrected chi connectivity index (χ0v) is 16.3. The van der Waals surface area contributed by atoms with Gasteiger partial charge in [-0.15, -0.1) is 0 Å². The molecule has 0 saturated carbocycles. The molecule has 9 heteroatoms. The Balaban J connectivity index is 1.72. The topological polar surface area (TPSA) is 71.0 Å². The smallest absolute Gasteiger partial charge is 0.234 e. The minimum atomic E-state index is -0.112. The summed E-state index contributed by atoms with van der Waals surface area (Å²) in [6.45, 7) is 1.87. The zero-order valence-electron chi connectivity index (χ0n) is 13.9. The Morgan fingerprint density at radius 2 is 2.16 bits per heavy atom. The number of nitrogens with zero attached hydrogens (tertiary/aromatic N) is 4. The van der Waals surface area contributed by atoms with Crippen molar-refractivity contribution in [3.05, 3.63) is 35.1 Å². The highest BCUT2D eigenvalue weighted by Gasteiger charge is 2.14. The number of hydrogen-bond donors (Lipinski definition) is 1. The number of amides is 1. The van der Waals surface area contributed by atoms with E-state index in [1.165, 1.54) is 29.4 Å². The molecule has 6 nitrogen and oxygen atoms in total. The lowest BCUT2D eigenvalue weighted by atomic mass is 10.2. The summed E-state index contributed by atoms with van der Waals surface area (Å²) in [5, 5.41) is 5.13. The van der Waals surface area contributed by atoms with Gasteiger partial charge < -0.3 is 10.2 Å². The molecule has 0 fully saturated rings. The van der Waals surface area contributed by atoms with Gasteiger partial charge in [0.1, 0.15) is 16.1 Å². The van der Waals surface area contributed by atoms with Crippen LogP contribution in [0, 0.1) is 6.92 Å². The van der Waals surface area contributed by atoms with Crippen LogP contribution in [-0.2, 0) is 4.79 Å². The maximum atomic E-state index is 12.3. The Kier molecular flexibility index (Phi) is 5.41. The third kappa shape index (κ3) is 4.02. The van der Waals surface area contributed by atoms with Gasteiger partial charge >= 0.3 is 0 Å². The molecule has 25 heavy (non-hydrogen) atoms. The van der Waals surface area contributed by atoms with E-state index in [1.807, 2.05) is 38.1 Å². The van der Waals surface area contributed by atoms with Crippen molar-refractivity contribution in [3.63, 3.8) is 0 Å². The van der Waals surface area contributed by atoms with Gasteiger partial charge in [0.2, 0.25) is 5.91 Å². The van der Waals surface area contributed by atoms with Crippen LogP contribution < -0.4 is 10.2 Å². The lowest BCUT2D eigenvalue weighted by Gasteiger charge is -2.09. The number of carbonyl (C=O) groups is 1. The fraction of sp³-hybridized carbons (Fsp3) is 0.250. The van der Waals surface area contributed by atoms with Gasteiger partial charge in [0, 0.05) is 24.8 Å². The lowest BCUT2D eigenvalue weighted by Crippen LogP contribution is -2.15. The highest BCUT2D eigenvalue weighted by Crippen LogP contribution is 2.33. The first-order chi connectivity index (χ1) is 12.0. The monoisotopic (exact) mass is 393 g/mol. The van der Waals surface area contributed by atoms with Gasteiger partial charge in [0.05, 0.1) is 5.75 Å². The van der Waals surface area contributed by atoms with E-state index in [0.29, 0.717) is 10.7 Å². The predicted octanol–water partition coefficient (Wildman–Crippen LogP) is 3.84. The van der Waals surface area contributed by atoms with Crippen molar-refractivity contribution in [2.75, 3.05) is 30.1 Å².